The molecular weight excluding hydrogens is 338 g/mol. The minimum absolute atomic E-state index is 0. The smallest absolute Gasteiger partial charge is 0.0411 e. The highest BCUT2D eigenvalue weighted by molar-refractivity contribution is 7.85. The Kier molecular flexibility index (Phi) is 108. The molecule has 170 valence electrons. The zero-order valence-corrected chi connectivity index (χ0v) is 12.3. The van der Waals surface area contributed by atoms with Crippen molar-refractivity contribution in [1.29, 1.82) is 0 Å². The maximum atomic E-state index is 11.1. The number of anilines is 1. The van der Waals surface area contributed by atoms with E-state index in [0.717, 1.165) is 24.6 Å². The predicted molar refractivity (Wildman–Crippen MR) is 140 cm³/mol. The van der Waals surface area contributed by atoms with Crippen LogP contribution in [-0.4, -0.2) is 28.8 Å². The van der Waals surface area contributed by atoms with Gasteiger partial charge in [0.25, 0.3) is 0 Å². The van der Waals surface area contributed by atoms with Crippen LogP contribution in [-0.2, 0) is 10.8 Å². The molecule has 0 saturated carbocycles. The van der Waals surface area contributed by atoms with Gasteiger partial charge in [0, 0.05) is 41.1 Å². The normalized spacial score (nSPS) is 9.92. The molecule has 2 rings (SSSR count). The van der Waals surface area contributed by atoms with E-state index in [-0.39, 0.29) is 66.8 Å². The van der Waals surface area contributed by atoms with Crippen molar-refractivity contribution in [2.24, 2.45) is 0 Å². The molecule has 0 aromatic heterocycles. The van der Waals surface area contributed by atoms with Crippen LogP contribution in [0.3, 0.4) is 0 Å². The minimum atomic E-state index is -0.576. The molecule has 1 heterocycles. The third-order valence-electron chi connectivity index (χ3n) is 2.30. The van der Waals surface area contributed by atoms with E-state index in [4.69, 9.17) is 0 Å². The predicted octanol–water partition coefficient (Wildman–Crippen LogP) is 9.03. The molecule has 1 aromatic carbocycles. The summed E-state index contributed by atoms with van der Waals surface area (Å²) in [5.74, 6) is 1.63. The average molecular weight is 400 g/mol. The first kappa shape index (κ1) is 63.9. The molecule has 0 amide bonds. The van der Waals surface area contributed by atoms with Gasteiger partial charge in [0.05, 0.1) is 0 Å². The van der Waals surface area contributed by atoms with Crippen LogP contribution >= 0.6 is 0 Å². The lowest BCUT2D eigenvalue weighted by molar-refractivity contribution is 0.673. The lowest BCUT2D eigenvalue weighted by atomic mass is 10.3. The van der Waals surface area contributed by atoms with Gasteiger partial charge in [-0.1, -0.05) is 113 Å². The van der Waals surface area contributed by atoms with Crippen molar-refractivity contribution in [1.82, 2.24) is 0 Å². The maximum Gasteiger partial charge on any atom is 0.0411 e. The number of benzene rings is 1. The molecule has 0 radical (unpaired) electrons. The first-order valence-electron chi connectivity index (χ1n) is 6.51. The summed E-state index contributed by atoms with van der Waals surface area (Å²) >= 11 is 0. The summed E-state index contributed by atoms with van der Waals surface area (Å²) in [5.41, 5.74) is 1.25. The lowest BCUT2D eigenvalue weighted by Crippen LogP contribution is -2.37. The quantitative estimate of drug-likeness (QED) is 0.469. The third kappa shape index (κ3) is 25.4. The summed E-state index contributed by atoms with van der Waals surface area (Å²) in [6.07, 6.45) is 0. The van der Waals surface area contributed by atoms with E-state index < -0.39 is 10.8 Å². The zero-order chi connectivity index (χ0) is 13.1. The fourth-order valence-corrected chi connectivity index (χ4v) is 2.59. The first-order chi connectivity index (χ1) is 8.36. The van der Waals surface area contributed by atoms with E-state index in [9.17, 15) is 4.21 Å². The van der Waals surface area contributed by atoms with Gasteiger partial charge >= 0.3 is 0 Å². The van der Waals surface area contributed by atoms with Crippen LogP contribution in [0, 0.1) is 0 Å². The van der Waals surface area contributed by atoms with E-state index in [1.807, 2.05) is 45.9 Å². The minimum Gasteiger partial charge on any atom is -0.370 e. The van der Waals surface area contributed by atoms with E-state index in [1.54, 1.807) is 0 Å². The highest BCUT2D eigenvalue weighted by Gasteiger charge is 2.14. The van der Waals surface area contributed by atoms with E-state index in [2.05, 4.69) is 17.0 Å². The van der Waals surface area contributed by atoms with Crippen molar-refractivity contribution in [3.8, 4) is 0 Å². The SMILES string of the molecule is C.C.C.C.C.C.C.C.C.CC.CC.O=S1CCN(c2ccccc2)CC1. The van der Waals surface area contributed by atoms with Crippen LogP contribution in [0.15, 0.2) is 30.3 Å². The Balaban J connectivity index is -0.0000000232. The first-order valence-corrected chi connectivity index (χ1v) is 8.00. The maximum absolute atomic E-state index is 11.1. The van der Waals surface area contributed by atoms with Crippen molar-refractivity contribution >= 4 is 16.5 Å². The number of hydrogen-bond donors (Lipinski definition) is 0. The second-order valence-corrected chi connectivity index (χ2v) is 4.87. The molecule has 26 heavy (non-hydrogen) atoms. The molecule has 1 aromatic rings. The van der Waals surface area contributed by atoms with Crippen molar-refractivity contribution < 1.29 is 4.21 Å². The van der Waals surface area contributed by atoms with E-state index in [1.165, 1.54) is 5.69 Å². The molecule has 1 aliphatic rings. The number of para-hydroxylation sites is 1. The van der Waals surface area contributed by atoms with E-state index in [0.29, 0.717) is 0 Å². The Bertz CT molecular complexity index is 292. The van der Waals surface area contributed by atoms with Crippen LogP contribution in [0.4, 0.5) is 5.69 Å². The molecular formula is C23H61NOS. The Morgan fingerprint density at radius 1 is 0.654 bits per heavy atom. The van der Waals surface area contributed by atoms with Gasteiger partial charge in [-0.15, -0.1) is 0 Å². The summed E-state index contributed by atoms with van der Waals surface area (Å²) in [4.78, 5) is 2.29. The summed E-state index contributed by atoms with van der Waals surface area (Å²) in [5, 5.41) is 0. The van der Waals surface area contributed by atoms with Crippen molar-refractivity contribution in [2.45, 2.75) is 94.5 Å². The third-order valence-corrected chi connectivity index (χ3v) is 3.57. The number of rotatable bonds is 1. The average Bonchev–Trinajstić information content (AvgIpc) is 2.45. The van der Waals surface area contributed by atoms with Gasteiger partial charge in [-0.05, 0) is 12.1 Å². The van der Waals surface area contributed by atoms with Crippen LogP contribution in [0.2, 0.25) is 0 Å². The fourth-order valence-electron chi connectivity index (χ4n) is 1.53. The molecule has 1 fully saturated rings. The molecule has 0 atom stereocenters. The summed E-state index contributed by atoms with van der Waals surface area (Å²) in [7, 11) is -0.576. The van der Waals surface area contributed by atoms with Crippen LogP contribution in [0.25, 0.3) is 0 Å². The summed E-state index contributed by atoms with van der Waals surface area (Å²) in [6.45, 7) is 9.85. The van der Waals surface area contributed by atoms with Gasteiger partial charge < -0.3 is 4.90 Å². The largest absolute Gasteiger partial charge is 0.370 e. The Morgan fingerprint density at radius 2 is 0.962 bits per heavy atom. The van der Waals surface area contributed by atoms with Gasteiger partial charge in [0.15, 0.2) is 0 Å². The molecule has 0 bridgehead atoms. The van der Waals surface area contributed by atoms with Crippen LogP contribution < -0.4 is 4.90 Å². The van der Waals surface area contributed by atoms with Gasteiger partial charge in [0.1, 0.15) is 0 Å². The van der Waals surface area contributed by atoms with E-state index >= 15 is 0 Å². The molecule has 2 nitrogen and oxygen atoms in total. The molecule has 1 aliphatic heterocycles. The zero-order valence-electron chi connectivity index (χ0n) is 11.5. The van der Waals surface area contributed by atoms with Gasteiger partial charge in [0.2, 0.25) is 0 Å². The Labute approximate surface area is 175 Å². The Hall–Kier alpha value is -0.830. The summed E-state index contributed by atoms with van der Waals surface area (Å²) in [6, 6.07) is 10.3. The highest BCUT2D eigenvalue weighted by Crippen LogP contribution is 2.14. The topological polar surface area (TPSA) is 20.3 Å². The van der Waals surface area contributed by atoms with Crippen molar-refractivity contribution in [3.05, 3.63) is 30.3 Å². The highest BCUT2D eigenvalue weighted by atomic mass is 32.2. The molecule has 0 spiro atoms. The van der Waals surface area contributed by atoms with Crippen LogP contribution in [0.1, 0.15) is 94.5 Å². The summed E-state index contributed by atoms with van der Waals surface area (Å²) < 4.78 is 11.1. The van der Waals surface area contributed by atoms with Crippen LogP contribution in [0.5, 0.6) is 0 Å². The van der Waals surface area contributed by atoms with Crippen molar-refractivity contribution in [3.63, 3.8) is 0 Å². The standard InChI is InChI=1S/C10H13NOS.2C2H6.9CH4/c12-13-8-6-11(7-9-13)10-4-2-1-3-5-10;2*1-2;;;;;;;;;/h1-5H,6-9H2;2*1-2H3;9*1H4. The molecule has 3 heteroatoms. The van der Waals surface area contributed by atoms with Gasteiger partial charge in [-0.3, -0.25) is 4.21 Å². The molecule has 0 unspecified atom stereocenters. The number of nitrogens with zero attached hydrogens (tertiary/aromatic N) is 1. The molecule has 1 saturated heterocycles. The monoisotopic (exact) mass is 399 g/mol. The molecule has 0 N–H and O–H groups in total. The second-order valence-electron chi connectivity index (χ2n) is 3.17. The van der Waals surface area contributed by atoms with Crippen molar-refractivity contribution in [2.75, 3.05) is 29.5 Å². The Morgan fingerprint density at radius 3 is 1.27 bits per heavy atom. The number of hydrogen-bond acceptors (Lipinski definition) is 2. The second kappa shape index (κ2) is 44.0. The van der Waals surface area contributed by atoms with Gasteiger partial charge in [-0.25, -0.2) is 0 Å². The molecule has 0 aliphatic carbocycles. The lowest BCUT2D eigenvalue weighted by Gasteiger charge is -2.28. The van der Waals surface area contributed by atoms with Gasteiger partial charge in [-0.2, -0.15) is 0 Å². The fraction of sp³-hybridized carbons (Fsp3) is 0.739.